The van der Waals surface area contributed by atoms with Crippen LogP contribution in [0.4, 0.5) is 0 Å². The highest BCUT2D eigenvalue weighted by Gasteiger charge is 2.33. The van der Waals surface area contributed by atoms with Gasteiger partial charge in [0.1, 0.15) is 0 Å². The number of aryl methyl sites for hydroxylation is 1. The third-order valence-electron chi connectivity index (χ3n) is 4.29. The molecule has 0 bridgehead atoms. The van der Waals surface area contributed by atoms with Gasteiger partial charge in [0, 0.05) is 16.2 Å². The Balaban J connectivity index is 2.26. The van der Waals surface area contributed by atoms with E-state index < -0.39 is 10.0 Å². The minimum atomic E-state index is -3.55. The number of hydrogen-bond donors (Lipinski definition) is 1. The zero-order valence-corrected chi connectivity index (χ0v) is 17.9. The molecule has 0 fully saturated rings. The van der Waals surface area contributed by atoms with Gasteiger partial charge in [-0.3, -0.25) is 0 Å². The van der Waals surface area contributed by atoms with Gasteiger partial charge in [0.2, 0.25) is 10.0 Å². The fourth-order valence-corrected chi connectivity index (χ4v) is 5.89. The van der Waals surface area contributed by atoms with Crippen molar-refractivity contribution in [1.82, 2.24) is 4.72 Å². The van der Waals surface area contributed by atoms with Crippen LogP contribution < -0.4 is 4.72 Å². The number of nitrogens with one attached hydrogen (secondary N) is 1. The quantitative estimate of drug-likeness (QED) is 0.425. The molecule has 0 saturated carbocycles. The van der Waals surface area contributed by atoms with Crippen molar-refractivity contribution < 1.29 is 8.42 Å². The predicted molar refractivity (Wildman–Crippen MR) is 116 cm³/mol. The number of allylic oxidation sites excluding steroid dienone is 1. The average Bonchev–Trinajstić information content (AvgIpc) is 2.61. The molecule has 146 valence electrons. The van der Waals surface area contributed by atoms with Crippen molar-refractivity contribution in [3.05, 3.63) is 72.8 Å². The first-order chi connectivity index (χ1) is 12.8. The maximum atomic E-state index is 12.8. The van der Waals surface area contributed by atoms with Crippen LogP contribution in [-0.2, 0) is 10.0 Å². The van der Waals surface area contributed by atoms with E-state index >= 15 is 0 Å². The SMILES string of the molecule is C=CCC(CNS(=O)(=O)c1ccc(C)cc1)(CC(C)C)Sc1ccccc1. The van der Waals surface area contributed by atoms with E-state index in [9.17, 15) is 8.42 Å². The molecule has 2 aromatic rings. The third kappa shape index (κ3) is 6.52. The summed E-state index contributed by atoms with van der Waals surface area (Å²) in [5, 5.41) is 0. The molecule has 0 heterocycles. The largest absolute Gasteiger partial charge is 0.240 e. The van der Waals surface area contributed by atoms with Crippen molar-refractivity contribution in [3.63, 3.8) is 0 Å². The van der Waals surface area contributed by atoms with Crippen molar-refractivity contribution in [1.29, 1.82) is 0 Å². The van der Waals surface area contributed by atoms with Crippen molar-refractivity contribution in [2.45, 2.75) is 48.2 Å². The molecule has 0 radical (unpaired) electrons. The number of hydrogen-bond acceptors (Lipinski definition) is 3. The topological polar surface area (TPSA) is 46.2 Å². The molecular weight excluding hydrogens is 374 g/mol. The zero-order chi connectivity index (χ0) is 19.9. The molecule has 1 atom stereocenters. The van der Waals surface area contributed by atoms with Gasteiger partial charge in [-0.1, -0.05) is 55.8 Å². The van der Waals surface area contributed by atoms with Gasteiger partial charge >= 0.3 is 0 Å². The third-order valence-corrected chi connectivity index (χ3v) is 7.13. The molecule has 0 spiro atoms. The molecule has 0 amide bonds. The van der Waals surface area contributed by atoms with E-state index in [1.54, 1.807) is 23.9 Å². The Morgan fingerprint density at radius 1 is 1.11 bits per heavy atom. The van der Waals surface area contributed by atoms with Crippen LogP contribution in [0.2, 0.25) is 0 Å². The number of sulfonamides is 1. The highest BCUT2D eigenvalue weighted by molar-refractivity contribution is 8.00. The number of thioether (sulfide) groups is 1. The first-order valence-electron chi connectivity index (χ1n) is 9.18. The van der Waals surface area contributed by atoms with E-state index in [0.29, 0.717) is 17.4 Å². The lowest BCUT2D eigenvalue weighted by Crippen LogP contribution is -2.41. The normalized spacial score (nSPS) is 14.1. The zero-order valence-electron chi connectivity index (χ0n) is 16.3. The van der Waals surface area contributed by atoms with E-state index in [1.165, 1.54) is 0 Å². The standard InChI is InChI=1S/C22H29NO2S2/c1-5-15-22(16-18(2)3,26-20-9-7-6-8-10-20)17-23-27(24,25)21-13-11-19(4)12-14-21/h5-14,18,23H,1,15-17H2,2-4H3. The highest BCUT2D eigenvalue weighted by atomic mass is 32.2. The van der Waals surface area contributed by atoms with Crippen molar-refractivity contribution >= 4 is 21.8 Å². The van der Waals surface area contributed by atoms with Gasteiger partial charge in [-0.05, 0) is 49.9 Å². The summed E-state index contributed by atoms with van der Waals surface area (Å²) in [7, 11) is -3.55. The maximum Gasteiger partial charge on any atom is 0.240 e. The summed E-state index contributed by atoms with van der Waals surface area (Å²) in [5.74, 6) is 0.435. The Hall–Kier alpha value is -1.56. The van der Waals surface area contributed by atoms with Gasteiger partial charge in [-0.15, -0.1) is 18.3 Å². The molecule has 0 saturated heterocycles. The molecule has 0 aromatic heterocycles. The Morgan fingerprint density at radius 3 is 2.30 bits per heavy atom. The van der Waals surface area contributed by atoms with E-state index in [0.717, 1.165) is 23.3 Å². The number of benzene rings is 2. The Bertz CT molecular complexity index is 830. The molecule has 0 aliphatic rings. The van der Waals surface area contributed by atoms with Crippen LogP contribution in [0.3, 0.4) is 0 Å². The summed E-state index contributed by atoms with van der Waals surface area (Å²) in [6.45, 7) is 10.5. The second-order valence-electron chi connectivity index (χ2n) is 7.33. The monoisotopic (exact) mass is 403 g/mol. The highest BCUT2D eigenvalue weighted by Crippen LogP contribution is 2.40. The summed E-state index contributed by atoms with van der Waals surface area (Å²) < 4.78 is 28.1. The van der Waals surface area contributed by atoms with Crippen LogP contribution in [0.25, 0.3) is 0 Å². The maximum absolute atomic E-state index is 12.8. The summed E-state index contributed by atoms with van der Waals surface area (Å²) in [6, 6.07) is 17.1. The first-order valence-corrected chi connectivity index (χ1v) is 11.5. The minimum Gasteiger partial charge on any atom is -0.210 e. The van der Waals surface area contributed by atoms with Crippen molar-refractivity contribution in [2.75, 3.05) is 6.54 Å². The van der Waals surface area contributed by atoms with Gasteiger partial charge in [-0.25, -0.2) is 13.1 Å². The molecule has 5 heteroatoms. The smallest absolute Gasteiger partial charge is 0.210 e. The molecular formula is C22H29NO2S2. The summed E-state index contributed by atoms with van der Waals surface area (Å²) in [5.41, 5.74) is 1.04. The second-order valence-corrected chi connectivity index (χ2v) is 10.6. The fraction of sp³-hybridized carbons (Fsp3) is 0.364. The summed E-state index contributed by atoms with van der Waals surface area (Å²) in [6.07, 6.45) is 3.49. The van der Waals surface area contributed by atoms with E-state index in [2.05, 4.69) is 37.3 Å². The lowest BCUT2D eigenvalue weighted by atomic mass is 9.93. The Kier molecular flexibility index (Phi) is 7.71. The molecule has 27 heavy (non-hydrogen) atoms. The van der Waals surface area contributed by atoms with Gasteiger partial charge in [-0.2, -0.15) is 0 Å². The van der Waals surface area contributed by atoms with E-state index in [-0.39, 0.29) is 4.75 Å². The molecule has 2 rings (SSSR count). The van der Waals surface area contributed by atoms with Crippen LogP contribution in [0.5, 0.6) is 0 Å². The lowest BCUT2D eigenvalue weighted by molar-refractivity contribution is 0.445. The summed E-state index contributed by atoms with van der Waals surface area (Å²) >= 11 is 1.73. The van der Waals surface area contributed by atoms with Crippen LogP contribution in [0.1, 0.15) is 32.3 Å². The molecule has 0 aliphatic heterocycles. The second kappa shape index (κ2) is 9.58. The lowest BCUT2D eigenvalue weighted by Gasteiger charge is -2.34. The van der Waals surface area contributed by atoms with Gasteiger partial charge < -0.3 is 0 Å². The number of rotatable bonds is 10. The van der Waals surface area contributed by atoms with Crippen LogP contribution in [0, 0.1) is 12.8 Å². The van der Waals surface area contributed by atoms with Crippen LogP contribution >= 0.6 is 11.8 Å². The van der Waals surface area contributed by atoms with E-state index in [4.69, 9.17) is 0 Å². The van der Waals surface area contributed by atoms with Gasteiger partial charge in [0.25, 0.3) is 0 Å². The van der Waals surface area contributed by atoms with Gasteiger partial charge in [0.15, 0.2) is 0 Å². The van der Waals surface area contributed by atoms with Crippen molar-refractivity contribution in [2.24, 2.45) is 5.92 Å². The molecule has 2 aromatic carbocycles. The summed E-state index contributed by atoms with van der Waals surface area (Å²) in [4.78, 5) is 1.43. The molecule has 1 unspecified atom stereocenters. The average molecular weight is 404 g/mol. The van der Waals surface area contributed by atoms with Crippen molar-refractivity contribution in [3.8, 4) is 0 Å². The van der Waals surface area contributed by atoms with Crippen LogP contribution in [0.15, 0.2) is 77.0 Å². The molecule has 3 nitrogen and oxygen atoms in total. The predicted octanol–water partition coefficient (Wildman–Crippen LogP) is 5.43. The van der Waals surface area contributed by atoms with E-state index in [1.807, 2.05) is 43.3 Å². The Labute approximate surface area is 168 Å². The first kappa shape index (κ1) is 21.7. The fourth-order valence-electron chi connectivity index (χ4n) is 3.12. The van der Waals surface area contributed by atoms with Crippen LogP contribution in [-0.4, -0.2) is 19.7 Å². The molecule has 0 aliphatic carbocycles. The minimum absolute atomic E-state index is 0.283. The Morgan fingerprint density at radius 2 is 1.74 bits per heavy atom. The molecule has 1 N–H and O–H groups in total. The van der Waals surface area contributed by atoms with Gasteiger partial charge in [0.05, 0.1) is 4.90 Å².